The average molecular weight is 458 g/mol. The zero-order chi connectivity index (χ0) is 24.4. The molecule has 1 aliphatic rings. The van der Waals surface area contributed by atoms with Crippen molar-refractivity contribution in [2.45, 2.75) is 26.8 Å². The monoisotopic (exact) mass is 457 g/mol. The Balaban J connectivity index is 1.91. The molecule has 3 aromatic carbocycles. The summed E-state index contributed by atoms with van der Waals surface area (Å²) in [6.45, 7) is 6.21. The number of nitrogens with zero attached hydrogens (tertiary/aromatic N) is 1. The molecule has 4 rings (SSSR count). The summed E-state index contributed by atoms with van der Waals surface area (Å²) < 4.78 is 10.8. The molecule has 0 saturated carbocycles. The van der Waals surface area contributed by atoms with Crippen LogP contribution in [0, 0.1) is 13.8 Å². The molecular weight excluding hydrogens is 430 g/mol. The van der Waals surface area contributed by atoms with Gasteiger partial charge in [0, 0.05) is 11.3 Å². The zero-order valence-corrected chi connectivity index (χ0v) is 19.7. The number of aryl methyl sites for hydroxylation is 2. The molecule has 1 aliphatic heterocycles. The lowest BCUT2D eigenvalue weighted by atomic mass is 9.92. The van der Waals surface area contributed by atoms with Crippen LogP contribution in [0.5, 0.6) is 11.5 Å². The largest absolute Gasteiger partial charge is 0.507 e. The van der Waals surface area contributed by atoms with Crippen molar-refractivity contribution in [1.29, 1.82) is 0 Å². The summed E-state index contributed by atoms with van der Waals surface area (Å²) in [5.74, 6) is -0.296. The quantitative estimate of drug-likeness (QED) is 0.307. The summed E-state index contributed by atoms with van der Waals surface area (Å²) in [5, 5.41) is 11.3. The lowest BCUT2D eigenvalue weighted by Gasteiger charge is -2.26. The van der Waals surface area contributed by atoms with Crippen LogP contribution in [0.4, 0.5) is 5.69 Å². The van der Waals surface area contributed by atoms with Crippen molar-refractivity contribution in [2.75, 3.05) is 18.6 Å². The molecule has 1 amide bonds. The first-order valence-corrected chi connectivity index (χ1v) is 11.1. The number of ether oxygens (including phenoxy) is 2. The van der Waals surface area contributed by atoms with Crippen LogP contribution in [-0.2, 0) is 9.59 Å². The van der Waals surface area contributed by atoms with Crippen molar-refractivity contribution in [3.63, 3.8) is 0 Å². The third kappa shape index (κ3) is 4.03. The first kappa shape index (κ1) is 23.1. The van der Waals surface area contributed by atoms with Gasteiger partial charge in [-0.15, -0.1) is 0 Å². The maximum atomic E-state index is 13.3. The SMILES string of the molecule is CCOc1ccc(/C(O)=C2\C(=O)C(=O)N(c3ccc(OC)cc3)C2c2ccccc2C)cc1C. The number of anilines is 1. The van der Waals surface area contributed by atoms with E-state index in [1.54, 1.807) is 49.6 Å². The third-order valence-electron chi connectivity index (χ3n) is 6.03. The van der Waals surface area contributed by atoms with Crippen LogP contribution in [0.2, 0.25) is 0 Å². The lowest BCUT2D eigenvalue weighted by molar-refractivity contribution is -0.132. The molecule has 3 aromatic rings. The second-order valence-electron chi connectivity index (χ2n) is 8.14. The van der Waals surface area contributed by atoms with Crippen LogP contribution in [0.25, 0.3) is 5.76 Å². The molecule has 1 fully saturated rings. The molecule has 0 bridgehead atoms. The first-order chi connectivity index (χ1) is 16.4. The maximum absolute atomic E-state index is 13.3. The van der Waals surface area contributed by atoms with E-state index >= 15 is 0 Å². The van der Waals surface area contributed by atoms with E-state index in [1.807, 2.05) is 45.0 Å². The molecule has 0 aliphatic carbocycles. The predicted octanol–water partition coefficient (Wildman–Crippen LogP) is 5.34. The number of methoxy groups -OCH3 is 1. The van der Waals surface area contributed by atoms with Crippen LogP contribution < -0.4 is 14.4 Å². The molecule has 6 nitrogen and oxygen atoms in total. The van der Waals surface area contributed by atoms with Gasteiger partial charge in [0.2, 0.25) is 0 Å². The second kappa shape index (κ2) is 9.43. The number of ketones is 1. The Hall–Kier alpha value is -4.06. The van der Waals surface area contributed by atoms with E-state index < -0.39 is 17.7 Å². The summed E-state index contributed by atoms with van der Waals surface area (Å²) in [5.41, 5.74) is 3.54. The molecule has 34 heavy (non-hydrogen) atoms. The van der Waals surface area contributed by atoms with E-state index in [0.29, 0.717) is 29.4 Å². The second-order valence-corrected chi connectivity index (χ2v) is 8.14. The number of rotatable bonds is 6. The number of benzene rings is 3. The van der Waals surface area contributed by atoms with Gasteiger partial charge in [-0.05, 0) is 79.9 Å². The number of hydrogen-bond donors (Lipinski definition) is 1. The predicted molar refractivity (Wildman–Crippen MR) is 131 cm³/mol. The van der Waals surface area contributed by atoms with E-state index in [2.05, 4.69) is 0 Å². The fraction of sp³-hybridized carbons (Fsp3) is 0.214. The van der Waals surface area contributed by atoms with Gasteiger partial charge in [-0.3, -0.25) is 14.5 Å². The van der Waals surface area contributed by atoms with Crippen molar-refractivity contribution in [3.8, 4) is 11.5 Å². The van der Waals surface area contributed by atoms with Gasteiger partial charge in [0.25, 0.3) is 11.7 Å². The molecule has 1 heterocycles. The first-order valence-electron chi connectivity index (χ1n) is 11.1. The number of carbonyl (C=O) groups excluding carboxylic acids is 2. The molecule has 1 unspecified atom stereocenters. The van der Waals surface area contributed by atoms with E-state index in [0.717, 1.165) is 16.7 Å². The highest BCUT2D eigenvalue weighted by atomic mass is 16.5. The number of Topliss-reactive ketones (excluding diaryl/α,β-unsaturated/α-hetero) is 1. The van der Waals surface area contributed by atoms with E-state index in [1.165, 1.54) is 4.90 Å². The van der Waals surface area contributed by atoms with Gasteiger partial charge in [0.15, 0.2) is 0 Å². The molecule has 0 aromatic heterocycles. The summed E-state index contributed by atoms with van der Waals surface area (Å²) >= 11 is 0. The summed E-state index contributed by atoms with van der Waals surface area (Å²) in [6, 6.07) is 18.9. The minimum Gasteiger partial charge on any atom is -0.507 e. The van der Waals surface area contributed by atoms with Gasteiger partial charge in [0.05, 0.1) is 25.3 Å². The Morgan fingerprint density at radius 1 is 0.971 bits per heavy atom. The van der Waals surface area contributed by atoms with Crippen molar-refractivity contribution in [3.05, 3.63) is 94.6 Å². The zero-order valence-electron chi connectivity index (χ0n) is 19.7. The maximum Gasteiger partial charge on any atom is 0.300 e. The fourth-order valence-corrected chi connectivity index (χ4v) is 4.30. The van der Waals surface area contributed by atoms with Gasteiger partial charge in [0.1, 0.15) is 17.3 Å². The van der Waals surface area contributed by atoms with Crippen molar-refractivity contribution in [1.82, 2.24) is 0 Å². The van der Waals surface area contributed by atoms with E-state index in [-0.39, 0.29) is 11.3 Å². The highest BCUT2D eigenvalue weighted by molar-refractivity contribution is 6.51. The van der Waals surface area contributed by atoms with Gasteiger partial charge in [-0.1, -0.05) is 24.3 Å². The molecule has 0 spiro atoms. The van der Waals surface area contributed by atoms with E-state index in [9.17, 15) is 14.7 Å². The minimum atomic E-state index is -0.776. The Morgan fingerprint density at radius 3 is 2.29 bits per heavy atom. The number of aliphatic hydroxyl groups is 1. The third-order valence-corrected chi connectivity index (χ3v) is 6.03. The van der Waals surface area contributed by atoms with Crippen LogP contribution in [0.1, 0.15) is 35.2 Å². The molecule has 1 atom stereocenters. The van der Waals surface area contributed by atoms with Crippen molar-refractivity contribution >= 4 is 23.1 Å². The normalized spacial score (nSPS) is 17.2. The van der Waals surface area contributed by atoms with Gasteiger partial charge < -0.3 is 14.6 Å². The molecule has 174 valence electrons. The molecule has 6 heteroatoms. The van der Waals surface area contributed by atoms with Crippen LogP contribution in [0.3, 0.4) is 0 Å². The van der Waals surface area contributed by atoms with Gasteiger partial charge in [-0.25, -0.2) is 0 Å². The summed E-state index contributed by atoms with van der Waals surface area (Å²) in [7, 11) is 1.56. The highest BCUT2D eigenvalue weighted by Gasteiger charge is 2.47. The summed E-state index contributed by atoms with van der Waals surface area (Å²) in [4.78, 5) is 28.0. The fourth-order valence-electron chi connectivity index (χ4n) is 4.30. The average Bonchev–Trinajstić information content (AvgIpc) is 3.10. The number of carbonyl (C=O) groups is 2. The molecule has 0 radical (unpaired) electrons. The number of aliphatic hydroxyl groups excluding tert-OH is 1. The number of hydrogen-bond acceptors (Lipinski definition) is 5. The Labute approximate surface area is 199 Å². The van der Waals surface area contributed by atoms with Gasteiger partial charge >= 0.3 is 0 Å². The van der Waals surface area contributed by atoms with Crippen molar-refractivity contribution < 1.29 is 24.2 Å². The highest BCUT2D eigenvalue weighted by Crippen LogP contribution is 2.43. The van der Waals surface area contributed by atoms with Gasteiger partial charge in [-0.2, -0.15) is 0 Å². The number of amides is 1. The smallest absolute Gasteiger partial charge is 0.300 e. The van der Waals surface area contributed by atoms with Crippen LogP contribution in [0.15, 0.2) is 72.3 Å². The lowest BCUT2D eigenvalue weighted by Crippen LogP contribution is -2.29. The van der Waals surface area contributed by atoms with E-state index in [4.69, 9.17) is 9.47 Å². The molecular formula is C28H27NO5. The standard InChI is InChI=1S/C28H27NO5/c1-5-34-23-15-10-19(16-18(23)3)26(30)24-25(22-9-7-6-8-17(22)2)29(28(32)27(24)31)20-11-13-21(33-4)14-12-20/h6-16,25,30H,5H2,1-4H3/b26-24+. The Kier molecular flexibility index (Phi) is 6.41. The minimum absolute atomic E-state index is 0.0543. The van der Waals surface area contributed by atoms with Crippen LogP contribution >= 0.6 is 0 Å². The Morgan fingerprint density at radius 2 is 1.68 bits per heavy atom. The topological polar surface area (TPSA) is 76.1 Å². The summed E-state index contributed by atoms with van der Waals surface area (Å²) in [6.07, 6.45) is 0. The van der Waals surface area contributed by atoms with Crippen LogP contribution in [-0.4, -0.2) is 30.5 Å². The van der Waals surface area contributed by atoms with Crippen molar-refractivity contribution in [2.24, 2.45) is 0 Å². The molecule has 1 N–H and O–H groups in total. The molecule has 1 saturated heterocycles. The Bertz CT molecular complexity index is 1280.